The topological polar surface area (TPSA) is 32.3 Å². The van der Waals surface area contributed by atoms with Gasteiger partial charge in [-0.3, -0.25) is 0 Å². The molecule has 0 heterocycles. The summed E-state index contributed by atoms with van der Waals surface area (Å²) in [7, 11) is 0. The molecule has 0 aliphatic carbocycles. The number of rotatable bonds is 5. The lowest BCUT2D eigenvalue weighted by atomic mass is 10.1. The molecule has 0 spiro atoms. The van der Waals surface area contributed by atoms with E-state index in [1.807, 2.05) is 0 Å². The van der Waals surface area contributed by atoms with Crippen LogP contribution in [0, 0.1) is 12.7 Å². The lowest BCUT2D eigenvalue weighted by Gasteiger charge is -2.07. The largest absolute Gasteiger partial charge is 0.396 e. The highest BCUT2D eigenvalue weighted by molar-refractivity contribution is 6.31. The lowest BCUT2D eigenvalue weighted by Crippen LogP contribution is -2.16. The summed E-state index contributed by atoms with van der Waals surface area (Å²) in [6, 6.07) is 3.07. The quantitative estimate of drug-likeness (QED) is 0.762. The summed E-state index contributed by atoms with van der Waals surface area (Å²) < 4.78 is 13.2. The lowest BCUT2D eigenvalue weighted by molar-refractivity contribution is 0.286. The number of nitrogens with one attached hydrogen (secondary N) is 1. The standard InChI is InChI=1S/C11H15ClFNO/c1-8-5-10(12)9(6-11(8)13)7-14-3-2-4-15/h5-6,14-15H,2-4,7H2,1H3. The minimum atomic E-state index is -0.238. The van der Waals surface area contributed by atoms with E-state index in [0.717, 1.165) is 5.56 Å². The second kappa shape index (κ2) is 6.05. The highest BCUT2D eigenvalue weighted by atomic mass is 35.5. The van der Waals surface area contributed by atoms with Gasteiger partial charge in [0.2, 0.25) is 0 Å². The first-order valence-electron chi connectivity index (χ1n) is 4.91. The van der Waals surface area contributed by atoms with Crippen LogP contribution in [0.25, 0.3) is 0 Å². The van der Waals surface area contributed by atoms with Crippen LogP contribution < -0.4 is 5.32 Å². The van der Waals surface area contributed by atoms with Gasteiger partial charge in [-0.2, -0.15) is 0 Å². The highest BCUT2D eigenvalue weighted by Gasteiger charge is 2.04. The molecular weight excluding hydrogens is 217 g/mol. The average Bonchev–Trinajstić information content (AvgIpc) is 2.20. The summed E-state index contributed by atoms with van der Waals surface area (Å²) in [5.74, 6) is -0.238. The molecule has 1 rings (SSSR count). The number of hydrogen-bond donors (Lipinski definition) is 2. The predicted octanol–water partition coefficient (Wildman–Crippen LogP) is 2.26. The van der Waals surface area contributed by atoms with Crippen LogP contribution in [0.2, 0.25) is 5.02 Å². The Morgan fingerprint density at radius 2 is 2.20 bits per heavy atom. The number of aliphatic hydroxyl groups is 1. The molecule has 84 valence electrons. The van der Waals surface area contributed by atoms with Gasteiger partial charge in [0, 0.05) is 18.2 Å². The van der Waals surface area contributed by atoms with Crippen molar-refractivity contribution in [3.8, 4) is 0 Å². The Balaban J connectivity index is 2.57. The van der Waals surface area contributed by atoms with Gasteiger partial charge in [-0.15, -0.1) is 0 Å². The maximum absolute atomic E-state index is 13.2. The van der Waals surface area contributed by atoms with Crippen molar-refractivity contribution in [3.05, 3.63) is 34.1 Å². The Labute approximate surface area is 94.1 Å². The van der Waals surface area contributed by atoms with Crippen LogP contribution in [0.15, 0.2) is 12.1 Å². The van der Waals surface area contributed by atoms with E-state index in [-0.39, 0.29) is 12.4 Å². The molecule has 0 amide bonds. The normalized spacial score (nSPS) is 10.7. The third kappa shape index (κ3) is 3.78. The van der Waals surface area contributed by atoms with Crippen molar-refractivity contribution < 1.29 is 9.50 Å². The number of aliphatic hydroxyl groups excluding tert-OH is 1. The van der Waals surface area contributed by atoms with Crippen molar-refractivity contribution in [3.63, 3.8) is 0 Å². The molecule has 0 aromatic heterocycles. The third-order valence-corrected chi connectivity index (χ3v) is 2.51. The van der Waals surface area contributed by atoms with Crippen molar-refractivity contribution in [2.24, 2.45) is 0 Å². The fourth-order valence-electron chi connectivity index (χ4n) is 1.25. The van der Waals surface area contributed by atoms with Crippen LogP contribution in [0.5, 0.6) is 0 Å². The summed E-state index contributed by atoms with van der Waals surface area (Å²) in [4.78, 5) is 0. The van der Waals surface area contributed by atoms with E-state index in [2.05, 4.69) is 5.32 Å². The summed E-state index contributed by atoms with van der Waals surface area (Å²) in [6.45, 7) is 3.06. The van der Waals surface area contributed by atoms with E-state index >= 15 is 0 Å². The zero-order chi connectivity index (χ0) is 11.3. The van der Waals surface area contributed by atoms with E-state index in [9.17, 15) is 4.39 Å². The molecule has 0 bridgehead atoms. The average molecular weight is 232 g/mol. The fraction of sp³-hybridized carbons (Fsp3) is 0.455. The first-order chi connectivity index (χ1) is 7.15. The van der Waals surface area contributed by atoms with Gasteiger partial charge in [-0.25, -0.2) is 4.39 Å². The molecular formula is C11H15ClFNO. The number of halogens is 2. The molecule has 2 nitrogen and oxygen atoms in total. The Bertz CT molecular complexity index is 331. The SMILES string of the molecule is Cc1cc(Cl)c(CNCCCO)cc1F. The van der Waals surface area contributed by atoms with Crippen molar-refractivity contribution in [2.75, 3.05) is 13.2 Å². The molecule has 4 heteroatoms. The number of aryl methyl sites for hydroxylation is 1. The predicted molar refractivity (Wildman–Crippen MR) is 59.6 cm³/mol. The minimum absolute atomic E-state index is 0.156. The Hall–Kier alpha value is -0.640. The summed E-state index contributed by atoms with van der Waals surface area (Å²) in [6.07, 6.45) is 0.686. The second-order valence-corrected chi connectivity index (χ2v) is 3.85. The zero-order valence-corrected chi connectivity index (χ0v) is 9.44. The first kappa shape index (κ1) is 12.4. The Morgan fingerprint density at radius 3 is 2.87 bits per heavy atom. The van der Waals surface area contributed by atoms with E-state index in [0.29, 0.717) is 30.1 Å². The van der Waals surface area contributed by atoms with Crippen molar-refractivity contribution in [2.45, 2.75) is 19.9 Å². The van der Waals surface area contributed by atoms with Crippen molar-refractivity contribution in [1.29, 1.82) is 0 Å². The molecule has 0 saturated heterocycles. The number of benzene rings is 1. The van der Waals surface area contributed by atoms with Crippen LogP contribution in [-0.4, -0.2) is 18.3 Å². The van der Waals surface area contributed by atoms with Crippen molar-refractivity contribution in [1.82, 2.24) is 5.32 Å². The van der Waals surface area contributed by atoms with Crippen LogP contribution in [-0.2, 0) is 6.54 Å². The molecule has 2 N–H and O–H groups in total. The van der Waals surface area contributed by atoms with Gasteiger partial charge in [0.05, 0.1) is 0 Å². The summed E-state index contributed by atoms with van der Waals surface area (Å²) >= 11 is 5.96. The van der Waals surface area contributed by atoms with E-state index in [1.54, 1.807) is 13.0 Å². The zero-order valence-electron chi connectivity index (χ0n) is 8.69. The molecule has 15 heavy (non-hydrogen) atoms. The van der Waals surface area contributed by atoms with Gasteiger partial charge in [0.15, 0.2) is 0 Å². The van der Waals surface area contributed by atoms with E-state index in [4.69, 9.17) is 16.7 Å². The van der Waals surface area contributed by atoms with Crippen LogP contribution >= 0.6 is 11.6 Å². The van der Waals surface area contributed by atoms with E-state index in [1.165, 1.54) is 6.07 Å². The van der Waals surface area contributed by atoms with Gasteiger partial charge in [-0.1, -0.05) is 11.6 Å². The molecule has 0 fully saturated rings. The smallest absolute Gasteiger partial charge is 0.126 e. The Kier molecular flexibility index (Phi) is 5.02. The molecule has 0 radical (unpaired) electrons. The maximum atomic E-state index is 13.2. The molecule has 0 saturated carbocycles. The highest BCUT2D eigenvalue weighted by Crippen LogP contribution is 2.20. The van der Waals surface area contributed by atoms with Crippen LogP contribution in [0.1, 0.15) is 17.5 Å². The van der Waals surface area contributed by atoms with Gasteiger partial charge < -0.3 is 10.4 Å². The fourth-order valence-corrected chi connectivity index (χ4v) is 1.54. The monoisotopic (exact) mass is 231 g/mol. The molecule has 0 aliphatic rings. The second-order valence-electron chi connectivity index (χ2n) is 3.45. The van der Waals surface area contributed by atoms with Gasteiger partial charge in [0.25, 0.3) is 0 Å². The molecule has 0 atom stereocenters. The first-order valence-corrected chi connectivity index (χ1v) is 5.29. The van der Waals surface area contributed by atoms with Gasteiger partial charge in [0.1, 0.15) is 5.82 Å². The molecule has 1 aromatic rings. The maximum Gasteiger partial charge on any atom is 0.126 e. The summed E-state index contributed by atoms with van der Waals surface area (Å²) in [5, 5.41) is 12.2. The number of hydrogen-bond acceptors (Lipinski definition) is 2. The molecule has 0 aliphatic heterocycles. The van der Waals surface area contributed by atoms with Crippen molar-refractivity contribution >= 4 is 11.6 Å². The molecule has 0 unspecified atom stereocenters. The summed E-state index contributed by atoms with van der Waals surface area (Å²) in [5.41, 5.74) is 1.30. The third-order valence-electron chi connectivity index (χ3n) is 2.15. The molecule has 1 aromatic carbocycles. The van der Waals surface area contributed by atoms with Gasteiger partial charge >= 0.3 is 0 Å². The van der Waals surface area contributed by atoms with Gasteiger partial charge in [-0.05, 0) is 43.1 Å². The van der Waals surface area contributed by atoms with Crippen LogP contribution in [0.3, 0.4) is 0 Å². The minimum Gasteiger partial charge on any atom is -0.396 e. The van der Waals surface area contributed by atoms with E-state index < -0.39 is 0 Å². The van der Waals surface area contributed by atoms with Crippen LogP contribution in [0.4, 0.5) is 4.39 Å². The Morgan fingerprint density at radius 1 is 1.47 bits per heavy atom.